The lowest BCUT2D eigenvalue weighted by Crippen LogP contribution is -2.30. The summed E-state index contributed by atoms with van der Waals surface area (Å²) in [6.07, 6.45) is 2.00. The molecule has 0 saturated carbocycles. The molecule has 19 heavy (non-hydrogen) atoms. The second-order valence-corrected chi connectivity index (χ2v) is 7.26. The van der Waals surface area contributed by atoms with Crippen molar-refractivity contribution < 1.29 is 9.53 Å². The maximum absolute atomic E-state index is 11.9. The molecular weight excluding hydrogens is 236 g/mol. The Morgan fingerprint density at radius 1 is 1.26 bits per heavy atom. The van der Waals surface area contributed by atoms with E-state index in [1.165, 1.54) is 16.7 Å². The van der Waals surface area contributed by atoms with Gasteiger partial charge < -0.3 is 4.74 Å². The number of benzene rings is 1. The van der Waals surface area contributed by atoms with Crippen LogP contribution in [0.5, 0.6) is 0 Å². The van der Waals surface area contributed by atoms with Crippen molar-refractivity contribution in [3.8, 4) is 0 Å². The van der Waals surface area contributed by atoms with Crippen LogP contribution in [0.15, 0.2) is 18.2 Å². The summed E-state index contributed by atoms with van der Waals surface area (Å²) < 4.78 is 5.52. The first-order chi connectivity index (χ1) is 8.70. The van der Waals surface area contributed by atoms with Crippen LogP contribution in [0.2, 0.25) is 0 Å². The Morgan fingerprint density at radius 2 is 1.89 bits per heavy atom. The van der Waals surface area contributed by atoms with E-state index in [0.717, 1.165) is 12.8 Å². The summed E-state index contributed by atoms with van der Waals surface area (Å²) in [4.78, 5) is 11.9. The third-order valence-electron chi connectivity index (χ3n) is 3.76. The number of carbonyl (C=O) groups is 1. The van der Waals surface area contributed by atoms with E-state index in [4.69, 9.17) is 4.74 Å². The predicted molar refractivity (Wildman–Crippen MR) is 77.1 cm³/mol. The van der Waals surface area contributed by atoms with E-state index >= 15 is 0 Å². The molecule has 0 radical (unpaired) electrons. The largest absolute Gasteiger partial charge is 0.465 e. The maximum Gasteiger partial charge on any atom is 0.311 e. The average Bonchev–Trinajstić information content (AvgIpc) is 2.61. The number of esters is 1. The lowest BCUT2D eigenvalue weighted by atomic mass is 9.88. The van der Waals surface area contributed by atoms with Crippen LogP contribution in [0.1, 0.15) is 44.4 Å². The van der Waals surface area contributed by atoms with Crippen LogP contribution < -0.4 is 0 Å². The normalized spacial score (nSPS) is 22.2. The zero-order chi connectivity index (χ0) is 14.3. The Morgan fingerprint density at radius 3 is 2.53 bits per heavy atom. The van der Waals surface area contributed by atoms with Gasteiger partial charge >= 0.3 is 5.97 Å². The molecule has 1 aliphatic rings. The number of hydrogen-bond acceptors (Lipinski definition) is 2. The Hall–Kier alpha value is -1.31. The fraction of sp³-hybridized carbons (Fsp3) is 0.588. The molecule has 1 atom stereocenters. The van der Waals surface area contributed by atoms with Crippen molar-refractivity contribution in [2.24, 2.45) is 10.8 Å². The standard InChI is InChI=1S/C17H24O2/c1-12-6-7-13-9-17(5,10-14(13)8-12)11-19-15(18)16(2,3)4/h6-8H,9-11H2,1-5H3. The van der Waals surface area contributed by atoms with Crippen LogP contribution in [0.25, 0.3) is 0 Å². The van der Waals surface area contributed by atoms with Gasteiger partial charge in [0.25, 0.3) is 0 Å². The first kappa shape index (κ1) is 14.1. The van der Waals surface area contributed by atoms with Crippen molar-refractivity contribution in [3.63, 3.8) is 0 Å². The Bertz CT molecular complexity index is 496. The summed E-state index contributed by atoms with van der Waals surface area (Å²) in [7, 11) is 0. The second kappa shape index (κ2) is 4.66. The smallest absolute Gasteiger partial charge is 0.311 e. The molecule has 2 nitrogen and oxygen atoms in total. The highest BCUT2D eigenvalue weighted by atomic mass is 16.5. The fourth-order valence-electron chi connectivity index (χ4n) is 2.63. The summed E-state index contributed by atoms with van der Waals surface area (Å²) in [6.45, 7) is 10.5. The van der Waals surface area contributed by atoms with Gasteiger partial charge in [0.1, 0.15) is 0 Å². The molecule has 1 aromatic rings. The van der Waals surface area contributed by atoms with Gasteiger partial charge in [-0.25, -0.2) is 0 Å². The Labute approximate surface area is 116 Å². The summed E-state index contributed by atoms with van der Waals surface area (Å²) in [6, 6.07) is 6.62. The monoisotopic (exact) mass is 260 g/mol. The molecule has 0 aromatic heterocycles. The molecule has 1 unspecified atom stereocenters. The van der Waals surface area contributed by atoms with Gasteiger partial charge in [-0.3, -0.25) is 4.79 Å². The van der Waals surface area contributed by atoms with E-state index in [1.807, 2.05) is 20.8 Å². The van der Waals surface area contributed by atoms with Gasteiger partial charge in [-0.05, 0) is 51.7 Å². The fourth-order valence-corrected chi connectivity index (χ4v) is 2.63. The minimum Gasteiger partial charge on any atom is -0.465 e. The van der Waals surface area contributed by atoms with Gasteiger partial charge in [-0.1, -0.05) is 30.7 Å². The molecule has 0 spiro atoms. The minimum atomic E-state index is -0.418. The molecule has 1 aromatic carbocycles. The van der Waals surface area contributed by atoms with Crippen LogP contribution in [0, 0.1) is 17.8 Å². The molecule has 0 heterocycles. The summed E-state index contributed by atoms with van der Waals surface area (Å²) in [5, 5.41) is 0. The van der Waals surface area contributed by atoms with E-state index < -0.39 is 5.41 Å². The zero-order valence-electron chi connectivity index (χ0n) is 12.7. The third kappa shape index (κ3) is 3.17. The van der Waals surface area contributed by atoms with Gasteiger partial charge in [-0.15, -0.1) is 0 Å². The molecule has 0 N–H and O–H groups in total. The second-order valence-electron chi connectivity index (χ2n) is 7.26. The predicted octanol–water partition coefficient (Wildman–Crippen LogP) is 3.69. The van der Waals surface area contributed by atoms with Crippen LogP contribution in [-0.2, 0) is 22.4 Å². The van der Waals surface area contributed by atoms with Gasteiger partial charge in [0.15, 0.2) is 0 Å². The highest BCUT2D eigenvalue weighted by molar-refractivity contribution is 5.75. The highest BCUT2D eigenvalue weighted by Gasteiger charge is 2.35. The molecule has 0 fully saturated rings. The van der Waals surface area contributed by atoms with Gasteiger partial charge in [0.05, 0.1) is 12.0 Å². The van der Waals surface area contributed by atoms with E-state index in [9.17, 15) is 4.79 Å². The number of aryl methyl sites for hydroxylation is 1. The first-order valence-corrected chi connectivity index (χ1v) is 6.95. The Kier molecular flexibility index (Phi) is 3.46. The zero-order valence-corrected chi connectivity index (χ0v) is 12.7. The molecular formula is C17H24O2. The molecule has 1 aliphatic carbocycles. The van der Waals surface area contributed by atoms with Crippen LogP contribution in [-0.4, -0.2) is 12.6 Å². The summed E-state index contributed by atoms with van der Waals surface area (Å²) in [5.74, 6) is -0.110. The number of rotatable bonds is 2. The topological polar surface area (TPSA) is 26.3 Å². The van der Waals surface area contributed by atoms with Gasteiger partial charge in [0, 0.05) is 5.41 Å². The van der Waals surface area contributed by atoms with Crippen LogP contribution in [0.3, 0.4) is 0 Å². The summed E-state index contributed by atoms with van der Waals surface area (Å²) >= 11 is 0. The quantitative estimate of drug-likeness (QED) is 0.758. The van der Waals surface area contributed by atoms with E-state index in [2.05, 4.69) is 32.0 Å². The Balaban J connectivity index is 2.02. The van der Waals surface area contributed by atoms with E-state index in [-0.39, 0.29) is 11.4 Å². The lowest BCUT2D eigenvalue weighted by molar-refractivity contribution is -0.156. The number of hydrogen-bond donors (Lipinski definition) is 0. The minimum absolute atomic E-state index is 0.0526. The average molecular weight is 260 g/mol. The number of ether oxygens (including phenoxy) is 1. The van der Waals surface area contributed by atoms with Gasteiger partial charge in [-0.2, -0.15) is 0 Å². The van der Waals surface area contributed by atoms with E-state index in [0.29, 0.717) is 6.61 Å². The lowest BCUT2D eigenvalue weighted by Gasteiger charge is -2.25. The van der Waals surface area contributed by atoms with Crippen molar-refractivity contribution in [1.82, 2.24) is 0 Å². The number of carbonyl (C=O) groups excluding carboxylic acids is 1. The highest BCUT2D eigenvalue weighted by Crippen LogP contribution is 2.37. The van der Waals surface area contributed by atoms with E-state index in [1.54, 1.807) is 0 Å². The van der Waals surface area contributed by atoms with Gasteiger partial charge in [0.2, 0.25) is 0 Å². The third-order valence-corrected chi connectivity index (χ3v) is 3.76. The number of fused-ring (bicyclic) bond motifs is 1. The molecule has 0 aliphatic heterocycles. The van der Waals surface area contributed by atoms with Crippen molar-refractivity contribution >= 4 is 5.97 Å². The summed E-state index contributed by atoms with van der Waals surface area (Å²) in [5.41, 5.74) is 3.75. The molecule has 2 heteroatoms. The first-order valence-electron chi connectivity index (χ1n) is 6.95. The van der Waals surface area contributed by atoms with Crippen molar-refractivity contribution in [3.05, 3.63) is 34.9 Å². The molecule has 2 rings (SSSR count). The van der Waals surface area contributed by atoms with Crippen LogP contribution >= 0.6 is 0 Å². The molecule has 0 amide bonds. The van der Waals surface area contributed by atoms with Crippen molar-refractivity contribution in [1.29, 1.82) is 0 Å². The maximum atomic E-state index is 11.9. The van der Waals surface area contributed by atoms with Crippen LogP contribution in [0.4, 0.5) is 0 Å². The van der Waals surface area contributed by atoms with Crippen molar-refractivity contribution in [2.75, 3.05) is 6.61 Å². The molecule has 0 saturated heterocycles. The van der Waals surface area contributed by atoms with Crippen molar-refractivity contribution in [2.45, 2.75) is 47.5 Å². The SMILES string of the molecule is Cc1ccc2c(c1)CC(C)(COC(=O)C(C)(C)C)C2. The molecule has 104 valence electrons. The molecule has 0 bridgehead atoms.